The van der Waals surface area contributed by atoms with Gasteiger partial charge in [0.05, 0.1) is 24.0 Å². The second-order valence-electron chi connectivity index (χ2n) is 7.34. The molecule has 5 heteroatoms. The summed E-state index contributed by atoms with van der Waals surface area (Å²) in [6.07, 6.45) is 0.365. The fourth-order valence-electron chi connectivity index (χ4n) is 3.58. The van der Waals surface area contributed by atoms with E-state index >= 15 is 0 Å². The normalized spacial score (nSPS) is 16.0. The van der Waals surface area contributed by atoms with E-state index in [9.17, 15) is 9.59 Å². The molecule has 5 nitrogen and oxygen atoms in total. The monoisotopic (exact) mass is 380 g/mol. The zero-order chi connectivity index (χ0) is 20.4. The molecule has 0 spiro atoms. The van der Waals surface area contributed by atoms with Crippen molar-refractivity contribution in [2.45, 2.75) is 47.1 Å². The molecule has 1 unspecified atom stereocenters. The Morgan fingerprint density at radius 1 is 1.00 bits per heavy atom. The van der Waals surface area contributed by atoms with Gasteiger partial charge in [-0.15, -0.1) is 0 Å². The predicted molar refractivity (Wildman–Crippen MR) is 112 cm³/mol. The molecule has 148 valence electrons. The number of rotatable bonds is 3. The molecule has 0 fully saturated rings. The standard InChI is InChI=1S/C23H28N2O3/c1-6-19-14-24(22(26)18-10-8-15(3)9-11-18)20-12-16(4)17(5)13-21(20)25(19)23(27)28-7-2/h8-13,19H,6-7,14H2,1-5H3. The van der Waals surface area contributed by atoms with Crippen molar-refractivity contribution in [2.24, 2.45) is 0 Å². The number of benzene rings is 2. The summed E-state index contributed by atoms with van der Waals surface area (Å²) in [4.78, 5) is 29.5. The molecule has 3 rings (SSSR count). The lowest BCUT2D eigenvalue weighted by Gasteiger charge is -2.42. The van der Waals surface area contributed by atoms with Crippen LogP contribution in [0.5, 0.6) is 0 Å². The summed E-state index contributed by atoms with van der Waals surface area (Å²) in [5.74, 6) is -0.0496. The highest BCUT2D eigenvalue weighted by molar-refractivity contribution is 6.10. The quantitative estimate of drug-likeness (QED) is 0.752. The molecule has 2 amide bonds. The molecule has 1 aliphatic heterocycles. The van der Waals surface area contributed by atoms with E-state index in [1.807, 2.05) is 64.1 Å². The molecule has 1 aliphatic rings. The molecule has 0 saturated heterocycles. The minimum absolute atomic E-state index is 0.0496. The third kappa shape index (κ3) is 3.61. The van der Waals surface area contributed by atoms with Crippen molar-refractivity contribution >= 4 is 23.4 Å². The first-order chi connectivity index (χ1) is 13.4. The first-order valence-electron chi connectivity index (χ1n) is 9.83. The SMILES string of the molecule is CCOC(=O)N1c2cc(C)c(C)cc2N(C(=O)c2ccc(C)cc2)CC1CC. The lowest BCUT2D eigenvalue weighted by molar-refractivity contribution is 0.0981. The molecule has 0 bridgehead atoms. The Hall–Kier alpha value is -2.82. The van der Waals surface area contributed by atoms with Crippen LogP contribution in [-0.2, 0) is 4.74 Å². The smallest absolute Gasteiger partial charge is 0.414 e. The number of hydrogen-bond donors (Lipinski definition) is 0. The van der Waals surface area contributed by atoms with Gasteiger partial charge < -0.3 is 9.64 Å². The van der Waals surface area contributed by atoms with Crippen LogP contribution in [0.4, 0.5) is 16.2 Å². The fourth-order valence-corrected chi connectivity index (χ4v) is 3.58. The van der Waals surface area contributed by atoms with Crippen LogP contribution in [0.25, 0.3) is 0 Å². The molecule has 0 aromatic heterocycles. The predicted octanol–water partition coefficient (Wildman–Crippen LogP) is 5.01. The molecule has 28 heavy (non-hydrogen) atoms. The van der Waals surface area contributed by atoms with Crippen LogP contribution >= 0.6 is 0 Å². The van der Waals surface area contributed by atoms with E-state index in [4.69, 9.17) is 4.74 Å². The largest absolute Gasteiger partial charge is 0.449 e. The van der Waals surface area contributed by atoms with Crippen LogP contribution in [0.1, 0.15) is 47.3 Å². The highest BCUT2D eigenvalue weighted by Crippen LogP contribution is 2.39. The van der Waals surface area contributed by atoms with Crippen molar-refractivity contribution < 1.29 is 14.3 Å². The van der Waals surface area contributed by atoms with Crippen molar-refractivity contribution in [2.75, 3.05) is 23.0 Å². The molecule has 1 atom stereocenters. The molecule has 0 aliphatic carbocycles. The third-order valence-electron chi connectivity index (χ3n) is 5.38. The average molecular weight is 380 g/mol. The summed E-state index contributed by atoms with van der Waals surface area (Å²) in [5.41, 5.74) is 5.41. The van der Waals surface area contributed by atoms with E-state index in [2.05, 4.69) is 0 Å². The van der Waals surface area contributed by atoms with Crippen molar-refractivity contribution in [3.63, 3.8) is 0 Å². The molecular formula is C23H28N2O3. The van der Waals surface area contributed by atoms with E-state index in [0.29, 0.717) is 18.7 Å². The molecule has 2 aromatic carbocycles. The maximum absolute atomic E-state index is 13.3. The second-order valence-corrected chi connectivity index (χ2v) is 7.34. The van der Waals surface area contributed by atoms with Crippen LogP contribution in [0.15, 0.2) is 36.4 Å². The number of nitrogens with zero attached hydrogens (tertiary/aromatic N) is 2. The van der Waals surface area contributed by atoms with Gasteiger partial charge in [-0.25, -0.2) is 4.79 Å². The zero-order valence-corrected chi connectivity index (χ0v) is 17.3. The summed E-state index contributed by atoms with van der Waals surface area (Å²) in [7, 11) is 0. The van der Waals surface area contributed by atoms with E-state index in [-0.39, 0.29) is 18.0 Å². The Labute approximate surface area is 166 Å². The van der Waals surface area contributed by atoms with Gasteiger partial charge in [0.1, 0.15) is 0 Å². The van der Waals surface area contributed by atoms with Crippen LogP contribution in [0.2, 0.25) is 0 Å². The lowest BCUT2D eigenvalue weighted by atomic mass is 9.99. The lowest BCUT2D eigenvalue weighted by Crippen LogP contribution is -2.53. The number of hydrogen-bond acceptors (Lipinski definition) is 3. The summed E-state index contributed by atoms with van der Waals surface area (Å²) in [5, 5.41) is 0. The fraction of sp³-hybridized carbons (Fsp3) is 0.391. The topological polar surface area (TPSA) is 49.9 Å². The summed E-state index contributed by atoms with van der Waals surface area (Å²) in [6, 6.07) is 11.5. The van der Waals surface area contributed by atoms with Crippen LogP contribution < -0.4 is 9.80 Å². The first kappa shape index (κ1) is 19.9. The molecule has 2 aromatic rings. The van der Waals surface area contributed by atoms with Crippen molar-refractivity contribution in [3.05, 3.63) is 58.7 Å². The molecule has 0 saturated carbocycles. The Balaban J connectivity index is 2.11. The van der Waals surface area contributed by atoms with Gasteiger partial charge in [0.25, 0.3) is 5.91 Å². The minimum atomic E-state index is -0.360. The van der Waals surface area contributed by atoms with Crippen LogP contribution in [0, 0.1) is 20.8 Å². The zero-order valence-electron chi connectivity index (χ0n) is 17.3. The highest BCUT2D eigenvalue weighted by atomic mass is 16.6. The van der Waals surface area contributed by atoms with E-state index in [1.54, 1.807) is 16.7 Å². The first-order valence-corrected chi connectivity index (χ1v) is 9.83. The van der Waals surface area contributed by atoms with E-state index in [1.165, 1.54) is 0 Å². The highest BCUT2D eigenvalue weighted by Gasteiger charge is 2.37. The van der Waals surface area contributed by atoms with Gasteiger partial charge >= 0.3 is 6.09 Å². The maximum atomic E-state index is 13.3. The maximum Gasteiger partial charge on any atom is 0.414 e. The molecule has 0 radical (unpaired) electrons. The molecule has 1 heterocycles. The summed E-state index contributed by atoms with van der Waals surface area (Å²) in [6.45, 7) is 10.6. The van der Waals surface area contributed by atoms with E-state index in [0.717, 1.165) is 34.5 Å². The molecular weight excluding hydrogens is 352 g/mol. The van der Waals surface area contributed by atoms with Crippen LogP contribution in [0.3, 0.4) is 0 Å². The van der Waals surface area contributed by atoms with Gasteiger partial charge in [0, 0.05) is 12.1 Å². The van der Waals surface area contributed by atoms with Crippen molar-refractivity contribution in [3.8, 4) is 0 Å². The number of carbonyl (C=O) groups is 2. The Bertz CT molecular complexity index is 889. The summed E-state index contributed by atoms with van der Waals surface area (Å²) < 4.78 is 5.32. The van der Waals surface area contributed by atoms with E-state index < -0.39 is 0 Å². The number of aryl methyl sites for hydroxylation is 3. The Morgan fingerprint density at radius 3 is 2.18 bits per heavy atom. The second kappa shape index (κ2) is 8.05. The van der Waals surface area contributed by atoms with Gasteiger partial charge in [0.15, 0.2) is 0 Å². The number of fused-ring (bicyclic) bond motifs is 1. The third-order valence-corrected chi connectivity index (χ3v) is 5.38. The molecule has 0 N–H and O–H groups in total. The Morgan fingerprint density at radius 2 is 1.61 bits per heavy atom. The van der Waals surface area contributed by atoms with Gasteiger partial charge in [0.2, 0.25) is 0 Å². The van der Waals surface area contributed by atoms with Gasteiger partial charge in [-0.05, 0) is 69.5 Å². The number of amides is 2. The van der Waals surface area contributed by atoms with Gasteiger partial charge in [-0.2, -0.15) is 0 Å². The number of anilines is 2. The van der Waals surface area contributed by atoms with Crippen LogP contribution in [-0.4, -0.2) is 31.2 Å². The summed E-state index contributed by atoms with van der Waals surface area (Å²) >= 11 is 0. The Kier molecular flexibility index (Phi) is 5.73. The minimum Gasteiger partial charge on any atom is -0.449 e. The van der Waals surface area contributed by atoms with Gasteiger partial charge in [-0.1, -0.05) is 24.6 Å². The van der Waals surface area contributed by atoms with Crippen molar-refractivity contribution in [1.82, 2.24) is 0 Å². The number of ether oxygens (including phenoxy) is 1. The average Bonchev–Trinajstić information content (AvgIpc) is 2.68. The number of carbonyl (C=O) groups excluding carboxylic acids is 2. The van der Waals surface area contributed by atoms with Crippen molar-refractivity contribution in [1.29, 1.82) is 0 Å². The van der Waals surface area contributed by atoms with Gasteiger partial charge in [-0.3, -0.25) is 9.69 Å².